The molecule has 0 bridgehead atoms. The van der Waals surface area contributed by atoms with Crippen LogP contribution in [0, 0.1) is 11.2 Å². The minimum Gasteiger partial charge on any atom is -0.376 e. The number of alkyl halides is 3. The van der Waals surface area contributed by atoms with Gasteiger partial charge in [-0.2, -0.15) is 13.2 Å². The SMILES string of the molecule is CN(C)/C(=C(/Cl)C(=N)C(F)(F)F)c1ccccc1F. The highest BCUT2D eigenvalue weighted by atomic mass is 35.5. The fraction of sp³-hybridized carbons (Fsp3) is 0.250. The van der Waals surface area contributed by atoms with Crippen LogP contribution in [0.15, 0.2) is 29.3 Å². The fourth-order valence-electron chi connectivity index (χ4n) is 1.45. The molecule has 0 saturated heterocycles. The van der Waals surface area contributed by atoms with Crippen molar-refractivity contribution in [2.75, 3.05) is 14.1 Å². The number of nitrogens with zero attached hydrogens (tertiary/aromatic N) is 1. The summed E-state index contributed by atoms with van der Waals surface area (Å²) in [6.07, 6.45) is -4.89. The standard InChI is InChI=1S/C12H11ClF4N2/c1-19(2)10(7-5-3-4-6-8(7)14)9(13)11(18)12(15,16)17/h3-6,18H,1-2H3/b10-9+,18-11?. The van der Waals surface area contributed by atoms with Crippen molar-refractivity contribution in [1.29, 1.82) is 5.41 Å². The first-order valence-corrected chi connectivity index (χ1v) is 5.52. The van der Waals surface area contributed by atoms with E-state index in [0.717, 1.165) is 6.07 Å². The van der Waals surface area contributed by atoms with Gasteiger partial charge in [-0.15, -0.1) is 0 Å². The zero-order chi connectivity index (χ0) is 14.8. The van der Waals surface area contributed by atoms with E-state index in [-0.39, 0.29) is 11.3 Å². The van der Waals surface area contributed by atoms with Crippen LogP contribution in [-0.2, 0) is 0 Å². The first-order valence-electron chi connectivity index (χ1n) is 5.14. The van der Waals surface area contributed by atoms with Crippen LogP contribution >= 0.6 is 11.6 Å². The molecule has 0 atom stereocenters. The molecule has 0 aromatic heterocycles. The zero-order valence-electron chi connectivity index (χ0n) is 10.1. The van der Waals surface area contributed by atoms with E-state index >= 15 is 0 Å². The maximum Gasteiger partial charge on any atom is 0.434 e. The highest BCUT2D eigenvalue weighted by molar-refractivity contribution is 6.46. The summed E-state index contributed by atoms with van der Waals surface area (Å²) in [5, 5.41) is 6.18. The number of halogens is 5. The molecule has 0 heterocycles. The van der Waals surface area contributed by atoms with Crippen molar-refractivity contribution in [2.45, 2.75) is 6.18 Å². The van der Waals surface area contributed by atoms with E-state index in [1.54, 1.807) is 0 Å². The van der Waals surface area contributed by atoms with Gasteiger partial charge in [-0.25, -0.2) is 4.39 Å². The van der Waals surface area contributed by atoms with Crippen molar-refractivity contribution < 1.29 is 17.6 Å². The molecule has 0 unspecified atom stereocenters. The predicted molar refractivity (Wildman–Crippen MR) is 66.6 cm³/mol. The lowest BCUT2D eigenvalue weighted by atomic mass is 10.1. The van der Waals surface area contributed by atoms with Crippen LogP contribution in [0.3, 0.4) is 0 Å². The molecule has 0 amide bonds. The second kappa shape index (κ2) is 5.61. The molecule has 0 fully saturated rings. The van der Waals surface area contributed by atoms with Crippen molar-refractivity contribution in [3.8, 4) is 0 Å². The van der Waals surface area contributed by atoms with Gasteiger partial charge in [0.25, 0.3) is 0 Å². The van der Waals surface area contributed by atoms with Gasteiger partial charge < -0.3 is 4.90 Å². The Kier molecular flexibility index (Phi) is 4.57. The van der Waals surface area contributed by atoms with Gasteiger partial charge in [-0.3, -0.25) is 5.41 Å². The summed E-state index contributed by atoms with van der Waals surface area (Å²) in [7, 11) is 2.85. The first kappa shape index (κ1) is 15.5. The monoisotopic (exact) mass is 294 g/mol. The Morgan fingerprint density at radius 3 is 2.16 bits per heavy atom. The number of hydrogen-bond acceptors (Lipinski definition) is 2. The Hall–Kier alpha value is -1.56. The largest absolute Gasteiger partial charge is 0.434 e. The lowest BCUT2D eigenvalue weighted by Gasteiger charge is -2.21. The minimum absolute atomic E-state index is 0.0912. The van der Waals surface area contributed by atoms with E-state index in [4.69, 9.17) is 17.0 Å². The van der Waals surface area contributed by atoms with Gasteiger partial charge in [0.15, 0.2) is 5.71 Å². The summed E-state index contributed by atoms with van der Waals surface area (Å²) in [5.41, 5.74) is -1.99. The average molecular weight is 295 g/mol. The van der Waals surface area contributed by atoms with Gasteiger partial charge >= 0.3 is 6.18 Å². The molecule has 1 aromatic carbocycles. The molecule has 7 heteroatoms. The maximum atomic E-state index is 13.6. The summed E-state index contributed by atoms with van der Waals surface area (Å²) in [5.74, 6) is -0.709. The molecule has 19 heavy (non-hydrogen) atoms. The van der Waals surface area contributed by atoms with Crippen LogP contribution in [-0.4, -0.2) is 30.9 Å². The van der Waals surface area contributed by atoms with Crippen LogP contribution in [0.2, 0.25) is 0 Å². The summed E-state index contributed by atoms with van der Waals surface area (Å²) in [6.45, 7) is 0. The van der Waals surface area contributed by atoms with Crippen LogP contribution in [0.1, 0.15) is 5.56 Å². The van der Waals surface area contributed by atoms with E-state index in [0.29, 0.717) is 0 Å². The Labute approximate surface area is 112 Å². The Morgan fingerprint density at radius 1 is 1.21 bits per heavy atom. The highest BCUT2D eigenvalue weighted by Gasteiger charge is 2.38. The van der Waals surface area contributed by atoms with Gasteiger partial charge in [-0.05, 0) is 12.1 Å². The third-order valence-electron chi connectivity index (χ3n) is 2.29. The molecule has 1 N–H and O–H groups in total. The molecule has 0 radical (unpaired) electrons. The second-order valence-electron chi connectivity index (χ2n) is 3.91. The fourth-order valence-corrected chi connectivity index (χ4v) is 1.83. The smallest absolute Gasteiger partial charge is 0.376 e. The number of hydrogen-bond donors (Lipinski definition) is 1. The van der Waals surface area contributed by atoms with Gasteiger partial charge in [0.05, 0.1) is 10.7 Å². The van der Waals surface area contributed by atoms with Crippen LogP contribution in [0.25, 0.3) is 5.70 Å². The van der Waals surface area contributed by atoms with E-state index in [2.05, 4.69) is 0 Å². The molecular weight excluding hydrogens is 284 g/mol. The Morgan fingerprint density at radius 2 is 1.74 bits per heavy atom. The molecule has 0 spiro atoms. The third kappa shape index (κ3) is 3.47. The van der Waals surface area contributed by atoms with Gasteiger partial charge in [-0.1, -0.05) is 23.7 Å². The number of allylic oxidation sites excluding steroid dienone is 1. The minimum atomic E-state index is -4.89. The molecular formula is C12H11ClF4N2. The topological polar surface area (TPSA) is 27.1 Å². The van der Waals surface area contributed by atoms with Gasteiger partial charge in [0.2, 0.25) is 0 Å². The average Bonchev–Trinajstić information content (AvgIpc) is 2.29. The van der Waals surface area contributed by atoms with Crippen molar-refractivity contribution in [1.82, 2.24) is 4.90 Å². The van der Waals surface area contributed by atoms with Crippen molar-refractivity contribution >= 4 is 23.0 Å². The number of nitrogens with one attached hydrogen (secondary N) is 1. The lowest BCUT2D eigenvalue weighted by Crippen LogP contribution is -2.25. The van der Waals surface area contributed by atoms with E-state index < -0.39 is 22.7 Å². The van der Waals surface area contributed by atoms with Crippen LogP contribution in [0.5, 0.6) is 0 Å². The van der Waals surface area contributed by atoms with E-state index in [1.807, 2.05) is 0 Å². The quantitative estimate of drug-likeness (QED) is 0.665. The van der Waals surface area contributed by atoms with Crippen molar-refractivity contribution in [2.24, 2.45) is 0 Å². The van der Waals surface area contributed by atoms with Crippen LogP contribution < -0.4 is 0 Å². The Bertz CT molecular complexity index is 521. The van der Waals surface area contributed by atoms with E-state index in [9.17, 15) is 17.6 Å². The third-order valence-corrected chi connectivity index (χ3v) is 2.66. The molecule has 0 aliphatic rings. The Balaban J connectivity index is 3.45. The molecule has 0 saturated carbocycles. The normalized spacial score (nSPS) is 13.0. The molecule has 1 rings (SSSR count). The van der Waals surface area contributed by atoms with Gasteiger partial charge in [0.1, 0.15) is 5.82 Å². The summed E-state index contributed by atoms with van der Waals surface area (Å²) in [4.78, 5) is 1.24. The first-order chi connectivity index (χ1) is 8.66. The van der Waals surface area contributed by atoms with Gasteiger partial charge in [0, 0.05) is 19.7 Å². The van der Waals surface area contributed by atoms with Crippen LogP contribution in [0.4, 0.5) is 17.6 Å². The number of rotatable bonds is 3. The molecule has 1 aromatic rings. The highest BCUT2D eigenvalue weighted by Crippen LogP contribution is 2.31. The molecule has 104 valence electrons. The summed E-state index contributed by atoms with van der Waals surface area (Å²) < 4.78 is 51.1. The molecule has 2 nitrogen and oxygen atoms in total. The lowest BCUT2D eigenvalue weighted by molar-refractivity contribution is -0.0586. The molecule has 0 aliphatic heterocycles. The van der Waals surface area contributed by atoms with Crippen molar-refractivity contribution in [3.05, 3.63) is 40.7 Å². The maximum absolute atomic E-state index is 13.6. The molecule has 0 aliphatic carbocycles. The van der Waals surface area contributed by atoms with E-state index in [1.165, 1.54) is 37.2 Å². The number of benzene rings is 1. The zero-order valence-corrected chi connectivity index (χ0v) is 10.9. The predicted octanol–water partition coefficient (Wildman–Crippen LogP) is 3.88. The summed E-state index contributed by atoms with van der Waals surface area (Å²) in [6, 6.07) is 5.30. The summed E-state index contributed by atoms with van der Waals surface area (Å²) >= 11 is 5.61. The second-order valence-corrected chi connectivity index (χ2v) is 4.29. The van der Waals surface area contributed by atoms with Crippen molar-refractivity contribution in [3.63, 3.8) is 0 Å².